The maximum absolute atomic E-state index is 12.5. The van der Waals surface area contributed by atoms with E-state index in [1.165, 1.54) is 10.9 Å². The molecule has 3 N–H and O–H groups in total. The third-order valence-electron chi connectivity index (χ3n) is 5.75. The summed E-state index contributed by atoms with van der Waals surface area (Å²) in [5.41, 5.74) is 5.15. The molecule has 0 aliphatic carbocycles. The highest BCUT2D eigenvalue weighted by Crippen LogP contribution is 2.49. The van der Waals surface area contributed by atoms with Gasteiger partial charge < -0.3 is 25.4 Å². The maximum Gasteiger partial charge on any atom is 0.351 e. The van der Waals surface area contributed by atoms with Gasteiger partial charge in [-0.15, -0.1) is 0 Å². The zero-order valence-electron chi connectivity index (χ0n) is 16.4. The molecule has 2 aliphatic heterocycles. The van der Waals surface area contributed by atoms with Crippen LogP contribution >= 0.6 is 0 Å². The van der Waals surface area contributed by atoms with Crippen LogP contribution in [0.3, 0.4) is 0 Å². The molecule has 2 fully saturated rings. The average molecular weight is 387 g/mol. The van der Waals surface area contributed by atoms with E-state index in [0.717, 1.165) is 5.82 Å². The minimum Gasteiger partial charge on any atom is -0.388 e. The summed E-state index contributed by atoms with van der Waals surface area (Å²) in [6, 6.07) is 1.38. The largest absolute Gasteiger partial charge is 0.388 e. The zero-order chi connectivity index (χ0) is 20.2. The van der Waals surface area contributed by atoms with Crippen LogP contribution in [0.4, 0.5) is 17.5 Å². The Bertz CT molecular complexity index is 962. The number of aryl methyl sites for hydroxylation is 1. The van der Waals surface area contributed by atoms with Gasteiger partial charge in [0.15, 0.2) is 6.23 Å². The first-order valence-electron chi connectivity index (χ1n) is 9.24. The predicted molar refractivity (Wildman–Crippen MR) is 104 cm³/mol. The number of aromatic nitrogens is 4. The topological polar surface area (TPSA) is 123 Å². The minimum absolute atomic E-state index is 0.193. The van der Waals surface area contributed by atoms with Crippen LogP contribution in [0.15, 0.2) is 23.4 Å². The molecule has 2 aromatic rings. The first-order valence-corrected chi connectivity index (χ1v) is 9.24. The Morgan fingerprint density at radius 1 is 1.43 bits per heavy atom. The van der Waals surface area contributed by atoms with E-state index in [2.05, 4.69) is 15.0 Å². The molecular formula is C18H25N7O3. The highest BCUT2D eigenvalue weighted by Gasteiger charge is 2.63. The Labute approximate surface area is 162 Å². The lowest BCUT2D eigenvalue weighted by Gasteiger charge is -2.37. The average Bonchev–Trinajstić information content (AvgIpc) is 3.12. The number of nitrogens with two attached hydrogens (primary N) is 1. The van der Waals surface area contributed by atoms with Crippen molar-refractivity contribution in [2.75, 3.05) is 36.2 Å². The van der Waals surface area contributed by atoms with Crippen LogP contribution in [0, 0.1) is 6.92 Å². The van der Waals surface area contributed by atoms with E-state index >= 15 is 0 Å². The molecule has 0 amide bonds. The summed E-state index contributed by atoms with van der Waals surface area (Å²) in [7, 11) is 3.80. The summed E-state index contributed by atoms with van der Waals surface area (Å²) >= 11 is 0. The second kappa shape index (κ2) is 6.42. The molecule has 2 saturated heterocycles. The fraction of sp³-hybridized carbons (Fsp3) is 0.556. The standard InChI is InChI=1S/C18H25N7O3/c1-5-18-8-25(12-6-11(23(3)4)20-9-21-12)13(14(18)26)16(28-18)24-7-10(2)15(19)22-17(24)27/h6-7,9,13-14,16,26H,5,8H2,1-4H3,(H2,19,22,27)/t13-,14+,16-,18+/m1/s1. The van der Waals surface area contributed by atoms with Gasteiger partial charge in [0.25, 0.3) is 0 Å². The highest BCUT2D eigenvalue weighted by atomic mass is 16.6. The number of morpholine rings is 1. The molecule has 150 valence electrons. The summed E-state index contributed by atoms with van der Waals surface area (Å²) in [6.07, 6.45) is 2.26. The first kappa shape index (κ1) is 18.6. The summed E-state index contributed by atoms with van der Waals surface area (Å²) in [5.74, 6) is 1.63. The second-order valence-electron chi connectivity index (χ2n) is 7.62. The Kier molecular flexibility index (Phi) is 4.27. The number of ether oxygens (including phenoxy) is 1. The SMILES string of the molecule is CC[C@@]12CN(c3cc(N(C)C)ncn3)[C@@H]([C@H](n3cc(C)c(N)nc3=O)O1)[C@@H]2O. The van der Waals surface area contributed by atoms with Crippen molar-refractivity contribution < 1.29 is 9.84 Å². The van der Waals surface area contributed by atoms with Crippen LogP contribution in [-0.4, -0.2) is 63.0 Å². The Morgan fingerprint density at radius 3 is 2.82 bits per heavy atom. The van der Waals surface area contributed by atoms with E-state index < -0.39 is 29.7 Å². The Balaban J connectivity index is 1.79. The van der Waals surface area contributed by atoms with Crippen LogP contribution in [0.5, 0.6) is 0 Å². The fourth-order valence-electron chi connectivity index (χ4n) is 4.06. The number of anilines is 3. The minimum atomic E-state index is -0.784. The number of hydrogen-bond donors (Lipinski definition) is 2. The van der Waals surface area contributed by atoms with Gasteiger partial charge in [0, 0.05) is 31.9 Å². The normalized spacial score (nSPS) is 28.8. The predicted octanol–water partition coefficient (Wildman–Crippen LogP) is -0.0828. The van der Waals surface area contributed by atoms with E-state index in [4.69, 9.17) is 10.5 Å². The van der Waals surface area contributed by atoms with Gasteiger partial charge in [0.1, 0.15) is 41.5 Å². The van der Waals surface area contributed by atoms with Crippen molar-refractivity contribution in [1.82, 2.24) is 19.5 Å². The fourth-order valence-corrected chi connectivity index (χ4v) is 4.06. The lowest BCUT2D eigenvalue weighted by atomic mass is 9.96. The molecule has 2 aromatic heterocycles. The number of nitrogen functional groups attached to an aromatic ring is 1. The summed E-state index contributed by atoms with van der Waals surface area (Å²) in [6.45, 7) is 4.22. The molecule has 0 aromatic carbocycles. The Hall–Kier alpha value is -2.72. The van der Waals surface area contributed by atoms with Gasteiger partial charge in [-0.25, -0.2) is 14.8 Å². The lowest BCUT2D eigenvalue weighted by molar-refractivity contribution is -0.106. The van der Waals surface area contributed by atoms with Crippen LogP contribution in [0.2, 0.25) is 0 Å². The van der Waals surface area contributed by atoms with Crippen molar-refractivity contribution >= 4 is 17.5 Å². The van der Waals surface area contributed by atoms with Crippen LogP contribution in [0.25, 0.3) is 0 Å². The number of hydrogen-bond acceptors (Lipinski definition) is 9. The first-order chi connectivity index (χ1) is 13.3. The molecule has 0 spiro atoms. The molecule has 0 saturated carbocycles. The third kappa shape index (κ3) is 2.63. The molecule has 10 nitrogen and oxygen atoms in total. The number of nitrogens with zero attached hydrogens (tertiary/aromatic N) is 6. The second-order valence-corrected chi connectivity index (χ2v) is 7.62. The smallest absolute Gasteiger partial charge is 0.351 e. The molecule has 4 heterocycles. The van der Waals surface area contributed by atoms with Gasteiger partial charge in [0.2, 0.25) is 0 Å². The van der Waals surface area contributed by atoms with Crippen molar-refractivity contribution in [2.45, 2.75) is 44.2 Å². The number of fused-ring (bicyclic) bond motifs is 2. The monoisotopic (exact) mass is 387 g/mol. The highest BCUT2D eigenvalue weighted by molar-refractivity contribution is 5.53. The number of aliphatic hydroxyl groups is 1. The van der Waals surface area contributed by atoms with Crippen molar-refractivity contribution in [3.8, 4) is 0 Å². The van der Waals surface area contributed by atoms with Gasteiger partial charge in [-0.2, -0.15) is 4.98 Å². The molecule has 10 heteroatoms. The van der Waals surface area contributed by atoms with E-state index in [0.29, 0.717) is 24.3 Å². The quantitative estimate of drug-likeness (QED) is 0.741. The maximum atomic E-state index is 12.5. The molecule has 4 rings (SSSR count). The Morgan fingerprint density at radius 2 is 2.18 bits per heavy atom. The lowest BCUT2D eigenvalue weighted by Crippen LogP contribution is -2.48. The van der Waals surface area contributed by atoms with E-state index in [9.17, 15) is 9.90 Å². The number of rotatable bonds is 4. The van der Waals surface area contributed by atoms with Crippen LogP contribution in [-0.2, 0) is 4.74 Å². The molecule has 2 bridgehead atoms. The van der Waals surface area contributed by atoms with Crippen molar-refractivity contribution in [3.05, 3.63) is 34.6 Å². The number of aliphatic hydroxyl groups excluding tert-OH is 1. The van der Waals surface area contributed by atoms with Gasteiger partial charge in [0.05, 0.1) is 6.54 Å². The molecule has 0 radical (unpaired) electrons. The molecule has 4 atom stereocenters. The molecule has 28 heavy (non-hydrogen) atoms. The summed E-state index contributed by atoms with van der Waals surface area (Å²) in [4.78, 5) is 28.9. The third-order valence-corrected chi connectivity index (χ3v) is 5.75. The zero-order valence-corrected chi connectivity index (χ0v) is 16.4. The van der Waals surface area contributed by atoms with E-state index in [1.807, 2.05) is 36.9 Å². The molecular weight excluding hydrogens is 362 g/mol. The van der Waals surface area contributed by atoms with Gasteiger partial charge >= 0.3 is 5.69 Å². The summed E-state index contributed by atoms with van der Waals surface area (Å²) in [5, 5.41) is 11.1. The molecule has 0 unspecified atom stereocenters. The van der Waals surface area contributed by atoms with Crippen molar-refractivity contribution in [3.63, 3.8) is 0 Å². The van der Waals surface area contributed by atoms with Gasteiger partial charge in [-0.3, -0.25) is 4.57 Å². The van der Waals surface area contributed by atoms with Crippen molar-refractivity contribution in [1.29, 1.82) is 0 Å². The van der Waals surface area contributed by atoms with Gasteiger partial charge in [-0.05, 0) is 13.3 Å². The van der Waals surface area contributed by atoms with E-state index in [1.54, 1.807) is 13.1 Å². The van der Waals surface area contributed by atoms with Gasteiger partial charge in [-0.1, -0.05) is 6.92 Å². The van der Waals surface area contributed by atoms with Crippen LogP contribution < -0.4 is 21.2 Å². The van der Waals surface area contributed by atoms with Crippen LogP contribution in [0.1, 0.15) is 25.1 Å². The molecule has 2 aliphatic rings. The summed E-state index contributed by atoms with van der Waals surface area (Å²) < 4.78 is 7.65. The van der Waals surface area contributed by atoms with Crippen molar-refractivity contribution in [2.24, 2.45) is 0 Å². The van der Waals surface area contributed by atoms with E-state index in [-0.39, 0.29) is 5.82 Å².